The number of carboxylic acid groups (broad SMARTS) is 1. The maximum Gasteiger partial charge on any atom is 0.326 e. The van der Waals surface area contributed by atoms with Crippen LogP contribution in [0.1, 0.15) is 79.8 Å². The minimum absolute atomic E-state index is 0.153. The van der Waals surface area contributed by atoms with E-state index in [1.807, 2.05) is 37.4 Å². The SMILES string of the molecule is CCC(CC1CCCCC1)NCc1cc(-c2ccccc2C)c(C(=O)NC(CCSC)C(=O)O)cc1F. The second kappa shape index (κ2) is 14.5. The first-order valence-corrected chi connectivity index (χ1v) is 14.9. The van der Waals surface area contributed by atoms with Crippen molar-refractivity contribution in [3.63, 3.8) is 0 Å². The van der Waals surface area contributed by atoms with E-state index in [0.717, 1.165) is 29.9 Å². The number of aliphatic carboxylic acids is 1. The zero-order valence-electron chi connectivity index (χ0n) is 22.3. The number of thioether (sulfide) groups is 1. The second-order valence-electron chi connectivity index (χ2n) is 10.2. The summed E-state index contributed by atoms with van der Waals surface area (Å²) in [5.74, 6) is -0.796. The molecule has 0 radical (unpaired) electrons. The first-order valence-electron chi connectivity index (χ1n) is 13.5. The third-order valence-corrected chi connectivity index (χ3v) is 8.14. The second-order valence-corrected chi connectivity index (χ2v) is 11.2. The number of hydrogen-bond acceptors (Lipinski definition) is 4. The van der Waals surface area contributed by atoms with Crippen molar-refractivity contribution >= 4 is 23.6 Å². The number of rotatable bonds is 13. The summed E-state index contributed by atoms with van der Waals surface area (Å²) in [6, 6.07) is 9.99. The summed E-state index contributed by atoms with van der Waals surface area (Å²) in [4.78, 5) is 25.0. The number of benzene rings is 2. The number of carboxylic acids is 1. The normalized spacial score (nSPS) is 15.8. The molecule has 7 heteroatoms. The van der Waals surface area contributed by atoms with Gasteiger partial charge in [0.15, 0.2) is 0 Å². The van der Waals surface area contributed by atoms with Gasteiger partial charge in [-0.1, -0.05) is 63.3 Å². The van der Waals surface area contributed by atoms with Crippen LogP contribution >= 0.6 is 11.8 Å². The van der Waals surface area contributed by atoms with E-state index in [1.54, 1.807) is 6.07 Å². The molecule has 0 spiro atoms. The van der Waals surface area contributed by atoms with Crippen molar-refractivity contribution in [2.45, 2.75) is 83.8 Å². The molecule has 0 bridgehead atoms. The van der Waals surface area contributed by atoms with Crippen LogP contribution in [-0.4, -0.2) is 41.1 Å². The molecule has 5 nitrogen and oxygen atoms in total. The fourth-order valence-corrected chi connectivity index (χ4v) is 5.71. The van der Waals surface area contributed by atoms with E-state index in [-0.39, 0.29) is 5.56 Å². The van der Waals surface area contributed by atoms with Crippen molar-refractivity contribution in [2.24, 2.45) is 5.92 Å². The van der Waals surface area contributed by atoms with Crippen LogP contribution in [0.2, 0.25) is 0 Å². The van der Waals surface area contributed by atoms with E-state index < -0.39 is 23.7 Å². The number of nitrogens with one attached hydrogen (secondary N) is 2. The molecule has 1 aliphatic rings. The third kappa shape index (κ3) is 8.30. The van der Waals surface area contributed by atoms with Crippen LogP contribution in [0, 0.1) is 18.7 Å². The summed E-state index contributed by atoms with van der Waals surface area (Å²) in [5, 5.41) is 15.8. The van der Waals surface area contributed by atoms with E-state index in [9.17, 15) is 14.7 Å². The highest BCUT2D eigenvalue weighted by atomic mass is 32.2. The minimum atomic E-state index is -1.09. The Morgan fingerprint density at radius 1 is 1.14 bits per heavy atom. The van der Waals surface area contributed by atoms with E-state index in [1.165, 1.54) is 49.9 Å². The molecule has 1 aliphatic carbocycles. The van der Waals surface area contributed by atoms with Crippen molar-refractivity contribution in [3.8, 4) is 11.1 Å². The Bertz CT molecular complexity index is 1060. The zero-order valence-corrected chi connectivity index (χ0v) is 23.1. The fourth-order valence-electron chi connectivity index (χ4n) is 5.24. The summed E-state index contributed by atoms with van der Waals surface area (Å²) in [6.07, 6.45) is 10.8. The molecule has 0 heterocycles. The molecule has 37 heavy (non-hydrogen) atoms. The molecule has 3 rings (SSSR count). The Morgan fingerprint density at radius 2 is 1.86 bits per heavy atom. The van der Waals surface area contributed by atoms with Crippen LogP contribution in [-0.2, 0) is 11.3 Å². The van der Waals surface area contributed by atoms with Crippen molar-refractivity contribution in [1.82, 2.24) is 10.6 Å². The zero-order chi connectivity index (χ0) is 26.8. The Labute approximate surface area is 225 Å². The Hall–Kier alpha value is -2.38. The molecule has 0 aliphatic heterocycles. The first kappa shape index (κ1) is 29.2. The molecule has 2 aromatic carbocycles. The molecule has 1 amide bonds. The number of hydrogen-bond donors (Lipinski definition) is 3. The molecule has 3 N–H and O–H groups in total. The monoisotopic (exact) mass is 528 g/mol. The van der Waals surface area contributed by atoms with Gasteiger partial charge >= 0.3 is 5.97 Å². The van der Waals surface area contributed by atoms with E-state index in [0.29, 0.717) is 35.9 Å². The standard InChI is InChI=1S/C30H41FN2O3S/c1-4-23(16-21-11-6-5-7-12-21)32-19-22-17-25(24-13-9-8-10-20(24)2)26(18-27(22)31)29(34)33-28(30(35)36)14-15-37-3/h8-10,13,17-18,21,23,28,32H,4-7,11-12,14-16,19H2,1-3H3,(H,33,34)(H,35,36). The number of carbonyl (C=O) groups excluding carboxylic acids is 1. The molecular weight excluding hydrogens is 487 g/mol. The molecule has 2 atom stereocenters. The number of amides is 1. The van der Waals surface area contributed by atoms with Gasteiger partial charge in [-0.2, -0.15) is 11.8 Å². The van der Waals surface area contributed by atoms with Crippen LogP contribution in [0.3, 0.4) is 0 Å². The summed E-state index contributed by atoms with van der Waals surface area (Å²) in [5.41, 5.74) is 3.07. The molecule has 1 fully saturated rings. The molecular formula is C30H41FN2O3S. The topological polar surface area (TPSA) is 78.4 Å². The van der Waals surface area contributed by atoms with E-state index in [2.05, 4.69) is 17.6 Å². The molecule has 1 saturated carbocycles. The Morgan fingerprint density at radius 3 is 2.51 bits per heavy atom. The predicted octanol–water partition coefficient (Wildman–Crippen LogP) is 6.58. The van der Waals surface area contributed by atoms with Gasteiger partial charge < -0.3 is 15.7 Å². The average molecular weight is 529 g/mol. The Balaban J connectivity index is 1.87. The first-order chi connectivity index (χ1) is 17.8. The molecule has 202 valence electrons. The van der Waals surface area contributed by atoms with Crippen molar-refractivity contribution in [1.29, 1.82) is 0 Å². The number of aryl methyl sites for hydroxylation is 1. The molecule has 0 aromatic heterocycles. The average Bonchev–Trinajstić information content (AvgIpc) is 2.90. The van der Waals surface area contributed by atoms with Gasteiger partial charge in [-0.05, 0) is 72.9 Å². The number of halogens is 1. The predicted molar refractivity (Wildman–Crippen MR) is 151 cm³/mol. The highest BCUT2D eigenvalue weighted by Gasteiger charge is 2.24. The van der Waals surface area contributed by atoms with Crippen LogP contribution < -0.4 is 10.6 Å². The van der Waals surface area contributed by atoms with Gasteiger partial charge in [-0.3, -0.25) is 4.79 Å². The smallest absolute Gasteiger partial charge is 0.326 e. The lowest BCUT2D eigenvalue weighted by atomic mass is 9.84. The van der Waals surface area contributed by atoms with Gasteiger partial charge in [-0.15, -0.1) is 0 Å². The van der Waals surface area contributed by atoms with Crippen LogP contribution in [0.25, 0.3) is 11.1 Å². The van der Waals surface area contributed by atoms with Crippen molar-refractivity contribution in [2.75, 3.05) is 12.0 Å². The lowest BCUT2D eigenvalue weighted by molar-refractivity contribution is -0.139. The summed E-state index contributed by atoms with van der Waals surface area (Å²) >= 11 is 1.52. The van der Waals surface area contributed by atoms with Crippen molar-refractivity contribution < 1.29 is 19.1 Å². The highest BCUT2D eigenvalue weighted by Crippen LogP contribution is 2.31. The van der Waals surface area contributed by atoms with Crippen LogP contribution in [0.15, 0.2) is 36.4 Å². The quantitative estimate of drug-likeness (QED) is 0.274. The van der Waals surface area contributed by atoms with E-state index in [4.69, 9.17) is 0 Å². The summed E-state index contributed by atoms with van der Waals surface area (Å²) < 4.78 is 15.4. The lowest BCUT2D eigenvalue weighted by Crippen LogP contribution is -2.41. The van der Waals surface area contributed by atoms with Gasteiger partial charge in [0.05, 0.1) is 5.56 Å². The van der Waals surface area contributed by atoms with Crippen LogP contribution in [0.5, 0.6) is 0 Å². The highest BCUT2D eigenvalue weighted by molar-refractivity contribution is 7.98. The fraction of sp³-hybridized carbons (Fsp3) is 0.533. The summed E-state index contributed by atoms with van der Waals surface area (Å²) in [6.45, 7) is 4.50. The van der Waals surface area contributed by atoms with Crippen molar-refractivity contribution in [3.05, 3.63) is 58.9 Å². The largest absolute Gasteiger partial charge is 0.480 e. The van der Waals surface area contributed by atoms with Gasteiger partial charge in [0.1, 0.15) is 11.9 Å². The summed E-state index contributed by atoms with van der Waals surface area (Å²) in [7, 11) is 0. The van der Waals surface area contributed by atoms with Gasteiger partial charge in [-0.25, -0.2) is 9.18 Å². The van der Waals surface area contributed by atoms with Crippen LogP contribution in [0.4, 0.5) is 4.39 Å². The maximum absolute atomic E-state index is 15.4. The molecule has 2 unspecified atom stereocenters. The Kier molecular flexibility index (Phi) is 11.5. The molecule has 2 aromatic rings. The van der Waals surface area contributed by atoms with E-state index >= 15 is 4.39 Å². The molecule has 0 saturated heterocycles. The van der Waals surface area contributed by atoms with Gasteiger partial charge in [0.25, 0.3) is 5.91 Å². The maximum atomic E-state index is 15.4. The number of carbonyl (C=O) groups is 2. The third-order valence-electron chi connectivity index (χ3n) is 7.50. The van der Waals surface area contributed by atoms with Gasteiger partial charge in [0.2, 0.25) is 0 Å². The lowest BCUT2D eigenvalue weighted by Gasteiger charge is -2.27. The van der Waals surface area contributed by atoms with Gasteiger partial charge in [0, 0.05) is 18.2 Å². The minimum Gasteiger partial charge on any atom is -0.480 e.